The Balaban J connectivity index is 1.41. The summed E-state index contributed by atoms with van der Waals surface area (Å²) in [4.78, 5) is 14.0. The molecular weight excluding hydrogens is 522 g/mol. The van der Waals surface area contributed by atoms with Crippen molar-refractivity contribution in [2.45, 2.75) is 24.7 Å². The molecule has 39 heavy (non-hydrogen) atoms. The number of piperazine rings is 1. The van der Waals surface area contributed by atoms with Gasteiger partial charge in [0.05, 0.1) is 31.9 Å². The van der Waals surface area contributed by atoms with Crippen LogP contribution >= 0.6 is 0 Å². The minimum Gasteiger partial charge on any atom is -0.493 e. The first-order valence-corrected chi connectivity index (χ1v) is 14.0. The minimum absolute atomic E-state index is 0.0937. The molecule has 0 bridgehead atoms. The van der Waals surface area contributed by atoms with Crippen molar-refractivity contribution in [3.63, 3.8) is 0 Å². The highest BCUT2D eigenvalue weighted by Crippen LogP contribution is 2.40. The Morgan fingerprint density at radius 1 is 0.897 bits per heavy atom. The topological polar surface area (TPSA) is 123 Å². The number of nitrogens with one attached hydrogen (secondary N) is 1. The Morgan fingerprint density at radius 2 is 1.54 bits per heavy atom. The Labute approximate surface area is 228 Å². The summed E-state index contributed by atoms with van der Waals surface area (Å²) >= 11 is 0. The van der Waals surface area contributed by atoms with E-state index in [1.165, 1.54) is 16.4 Å². The van der Waals surface area contributed by atoms with E-state index in [4.69, 9.17) is 14.2 Å². The van der Waals surface area contributed by atoms with E-state index < -0.39 is 10.0 Å². The van der Waals surface area contributed by atoms with Crippen LogP contribution in [0.1, 0.15) is 19.8 Å². The molecule has 3 aromatic rings. The highest BCUT2D eigenvalue weighted by atomic mass is 32.2. The lowest BCUT2D eigenvalue weighted by molar-refractivity contribution is -0.116. The van der Waals surface area contributed by atoms with Crippen LogP contribution in [0, 0.1) is 0 Å². The summed E-state index contributed by atoms with van der Waals surface area (Å²) in [6.07, 6.45) is 1.16. The van der Waals surface area contributed by atoms with Crippen molar-refractivity contribution in [2.75, 3.05) is 57.7 Å². The molecule has 0 saturated carbocycles. The number of benzene rings is 2. The molecule has 1 aliphatic rings. The summed E-state index contributed by atoms with van der Waals surface area (Å²) in [6, 6.07) is 13.6. The lowest BCUT2D eigenvalue weighted by atomic mass is 10.1. The predicted octanol–water partition coefficient (Wildman–Crippen LogP) is 3.42. The predicted molar refractivity (Wildman–Crippen MR) is 148 cm³/mol. The largest absolute Gasteiger partial charge is 0.493 e. The minimum atomic E-state index is -3.66. The van der Waals surface area contributed by atoms with Gasteiger partial charge < -0.3 is 24.4 Å². The Kier molecular flexibility index (Phi) is 8.87. The second-order valence-electron chi connectivity index (χ2n) is 8.90. The quantitative estimate of drug-likeness (QED) is 0.401. The maximum absolute atomic E-state index is 13.2. The molecule has 1 aromatic heterocycles. The Morgan fingerprint density at radius 3 is 2.05 bits per heavy atom. The smallest absolute Gasteiger partial charge is 0.243 e. The Bertz CT molecular complexity index is 1360. The summed E-state index contributed by atoms with van der Waals surface area (Å²) < 4.78 is 44.1. The van der Waals surface area contributed by atoms with Gasteiger partial charge in [-0.25, -0.2) is 8.42 Å². The fourth-order valence-corrected chi connectivity index (χ4v) is 5.77. The lowest BCUT2D eigenvalue weighted by Crippen LogP contribution is -2.49. The standard InChI is InChI=1S/C27H33N5O6S/c1-5-6-26(33)28-20-7-9-21(10-8-20)39(34,35)32-15-13-31(14-16-32)25-12-11-22(29-30-25)19-17-23(36-2)27(38-4)24(18-19)37-3/h7-12,17-18H,5-6,13-16H2,1-4H3,(H,28,33). The fraction of sp³-hybridized carbons (Fsp3) is 0.370. The van der Waals surface area contributed by atoms with E-state index in [1.54, 1.807) is 45.6 Å². The number of ether oxygens (including phenoxy) is 3. The van der Waals surface area contributed by atoms with Gasteiger partial charge in [0.1, 0.15) is 0 Å². The average Bonchev–Trinajstić information content (AvgIpc) is 2.97. The van der Waals surface area contributed by atoms with Gasteiger partial charge in [-0.05, 0) is 55.0 Å². The van der Waals surface area contributed by atoms with E-state index >= 15 is 0 Å². The zero-order valence-corrected chi connectivity index (χ0v) is 23.3. The molecule has 12 heteroatoms. The van der Waals surface area contributed by atoms with Gasteiger partial charge in [-0.1, -0.05) is 6.92 Å². The van der Waals surface area contributed by atoms with Crippen LogP contribution in [0.5, 0.6) is 17.2 Å². The number of sulfonamides is 1. The maximum atomic E-state index is 13.2. The van der Waals surface area contributed by atoms with Crippen LogP contribution in [-0.4, -0.2) is 76.3 Å². The molecule has 208 valence electrons. The van der Waals surface area contributed by atoms with E-state index in [-0.39, 0.29) is 10.8 Å². The first-order valence-electron chi connectivity index (χ1n) is 12.6. The molecule has 0 spiro atoms. The number of carbonyl (C=O) groups is 1. The number of methoxy groups -OCH3 is 3. The van der Waals surface area contributed by atoms with E-state index in [2.05, 4.69) is 15.5 Å². The molecule has 0 radical (unpaired) electrons. The Hall–Kier alpha value is -3.90. The van der Waals surface area contributed by atoms with Crippen molar-refractivity contribution >= 4 is 27.4 Å². The number of anilines is 2. The van der Waals surface area contributed by atoms with Gasteiger partial charge in [-0.15, -0.1) is 10.2 Å². The van der Waals surface area contributed by atoms with E-state index in [1.807, 2.05) is 24.0 Å². The number of carbonyl (C=O) groups excluding carboxylic acids is 1. The summed E-state index contributed by atoms with van der Waals surface area (Å²) in [5.41, 5.74) is 1.97. The normalized spacial score (nSPS) is 14.1. The van der Waals surface area contributed by atoms with Crippen molar-refractivity contribution in [3.05, 3.63) is 48.5 Å². The van der Waals surface area contributed by atoms with Gasteiger partial charge in [0, 0.05) is 43.9 Å². The highest BCUT2D eigenvalue weighted by Gasteiger charge is 2.29. The SMILES string of the molecule is CCCC(=O)Nc1ccc(S(=O)(=O)N2CCN(c3ccc(-c4cc(OC)c(OC)c(OC)c4)nn3)CC2)cc1. The van der Waals surface area contributed by atoms with Crippen LogP contribution in [0.4, 0.5) is 11.5 Å². The van der Waals surface area contributed by atoms with Crippen LogP contribution in [0.3, 0.4) is 0 Å². The maximum Gasteiger partial charge on any atom is 0.243 e. The van der Waals surface area contributed by atoms with Crippen LogP contribution in [0.25, 0.3) is 11.3 Å². The third kappa shape index (κ3) is 6.23. The average molecular weight is 556 g/mol. The van der Waals surface area contributed by atoms with Crippen LogP contribution in [0.15, 0.2) is 53.4 Å². The van der Waals surface area contributed by atoms with Crippen molar-refractivity contribution in [1.82, 2.24) is 14.5 Å². The summed E-state index contributed by atoms with van der Waals surface area (Å²) in [5.74, 6) is 2.10. The van der Waals surface area contributed by atoms with Crippen molar-refractivity contribution in [1.29, 1.82) is 0 Å². The number of rotatable bonds is 10. The second-order valence-corrected chi connectivity index (χ2v) is 10.8. The van der Waals surface area contributed by atoms with Gasteiger partial charge in [0.15, 0.2) is 17.3 Å². The number of amides is 1. The van der Waals surface area contributed by atoms with Gasteiger partial charge in [-0.3, -0.25) is 4.79 Å². The number of aromatic nitrogens is 2. The van der Waals surface area contributed by atoms with Gasteiger partial charge in [0.25, 0.3) is 0 Å². The van der Waals surface area contributed by atoms with Crippen molar-refractivity contribution in [3.8, 4) is 28.5 Å². The molecule has 0 unspecified atom stereocenters. The van der Waals surface area contributed by atoms with Crippen LogP contribution < -0.4 is 24.4 Å². The molecule has 1 aliphatic heterocycles. The second kappa shape index (κ2) is 12.3. The number of hydrogen-bond acceptors (Lipinski definition) is 9. The molecule has 2 aromatic carbocycles. The summed E-state index contributed by atoms with van der Waals surface area (Å²) in [6.45, 7) is 3.50. The summed E-state index contributed by atoms with van der Waals surface area (Å²) in [7, 11) is 0.995. The summed E-state index contributed by atoms with van der Waals surface area (Å²) in [5, 5.41) is 11.5. The molecule has 11 nitrogen and oxygen atoms in total. The third-order valence-electron chi connectivity index (χ3n) is 6.43. The van der Waals surface area contributed by atoms with Gasteiger partial charge in [0.2, 0.25) is 21.7 Å². The van der Waals surface area contributed by atoms with Gasteiger partial charge in [-0.2, -0.15) is 4.31 Å². The molecule has 1 amide bonds. The number of nitrogens with zero attached hydrogens (tertiary/aromatic N) is 4. The van der Waals surface area contributed by atoms with E-state index in [0.717, 1.165) is 12.0 Å². The van der Waals surface area contributed by atoms with E-state index in [0.29, 0.717) is 67.0 Å². The molecule has 0 atom stereocenters. The molecule has 2 heterocycles. The molecule has 1 N–H and O–H groups in total. The van der Waals surface area contributed by atoms with Crippen LogP contribution in [-0.2, 0) is 14.8 Å². The fourth-order valence-electron chi connectivity index (χ4n) is 4.34. The molecule has 1 saturated heterocycles. The molecule has 4 rings (SSSR count). The first kappa shape index (κ1) is 28.1. The van der Waals surface area contributed by atoms with Gasteiger partial charge >= 0.3 is 0 Å². The third-order valence-corrected chi connectivity index (χ3v) is 8.34. The lowest BCUT2D eigenvalue weighted by Gasteiger charge is -2.34. The highest BCUT2D eigenvalue weighted by molar-refractivity contribution is 7.89. The first-order chi connectivity index (χ1) is 18.8. The monoisotopic (exact) mass is 555 g/mol. The zero-order chi connectivity index (χ0) is 28.0. The van der Waals surface area contributed by atoms with E-state index in [9.17, 15) is 13.2 Å². The number of hydrogen-bond donors (Lipinski definition) is 1. The zero-order valence-electron chi connectivity index (χ0n) is 22.5. The molecule has 1 fully saturated rings. The van der Waals surface area contributed by atoms with Crippen molar-refractivity contribution < 1.29 is 27.4 Å². The van der Waals surface area contributed by atoms with Crippen molar-refractivity contribution in [2.24, 2.45) is 0 Å². The molecular formula is C27H33N5O6S. The molecule has 0 aliphatic carbocycles. The van der Waals surface area contributed by atoms with Crippen LogP contribution in [0.2, 0.25) is 0 Å².